The molecule has 1 N–H and O–H groups in total. The summed E-state index contributed by atoms with van der Waals surface area (Å²) in [4.78, 5) is 26.0. The summed E-state index contributed by atoms with van der Waals surface area (Å²) in [7, 11) is 0. The van der Waals surface area contributed by atoms with Gasteiger partial charge < -0.3 is 19.5 Å². The fourth-order valence-electron chi connectivity index (χ4n) is 4.36. The van der Waals surface area contributed by atoms with E-state index in [9.17, 15) is 14.7 Å². The van der Waals surface area contributed by atoms with Crippen molar-refractivity contribution in [1.82, 2.24) is 4.90 Å². The quantitative estimate of drug-likeness (QED) is 0.493. The Bertz CT molecular complexity index is 1300. The van der Waals surface area contributed by atoms with E-state index >= 15 is 0 Å². The van der Waals surface area contributed by atoms with Gasteiger partial charge in [-0.1, -0.05) is 36.4 Å². The minimum Gasteiger partial charge on any atom is -0.489 e. The van der Waals surface area contributed by atoms with Gasteiger partial charge in [-0.3, -0.25) is 4.79 Å². The molecule has 0 aromatic heterocycles. The zero-order valence-electron chi connectivity index (χ0n) is 20.7. The average Bonchev–Trinajstić information content (AvgIpc) is 3.30. The largest absolute Gasteiger partial charge is 0.489 e. The lowest BCUT2D eigenvalue weighted by Crippen LogP contribution is -2.36. The molecule has 1 aliphatic heterocycles. The molecule has 0 radical (unpaired) electrons. The third kappa shape index (κ3) is 6.14. The summed E-state index contributed by atoms with van der Waals surface area (Å²) in [5, 5.41) is 21.0. The summed E-state index contributed by atoms with van der Waals surface area (Å²) in [6.45, 7) is 6.53. The normalized spacial score (nSPS) is 16.4. The fourth-order valence-corrected chi connectivity index (χ4v) is 4.36. The molecule has 1 heterocycles. The first-order chi connectivity index (χ1) is 17.1. The van der Waals surface area contributed by atoms with Crippen molar-refractivity contribution in [2.75, 3.05) is 13.1 Å². The Labute approximate surface area is 210 Å². The van der Waals surface area contributed by atoms with E-state index in [1.54, 1.807) is 35.2 Å². The number of carbonyl (C=O) groups is 2. The molecule has 0 saturated carbocycles. The third-order valence-electron chi connectivity index (χ3n) is 6.15. The van der Waals surface area contributed by atoms with Gasteiger partial charge in [-0.15, -0.1) is 0 Å². The molecule has 3 aromatic rings. The number of rotatable bonds is 6. The number of hydrogen-bond acceptors (Lipinski definition) is 5. The third-order valence-corrected chi connectivity index (χ3v) is 6.15. The number of carboxylic acids is 1. The van der Waals surface area contributed by atoms with Crippen LogP contribution in [0.4, 0.5) is 4.79 Å². The van der Waals surface area contributed by atoms with Crippen molar-refractivity contribution < 1.29 is 24.2 Å². The Hall–Kier alpha value is -4.05. The first-order valence-corrected chi connectivity index (χ1v) is 12.0. The number of aliphatic carboxylic acids is 1. The van der Waals surface area contributed by atoms with Gasteiger partial charge in [-0.2, -0.15) is 5.26 Å². The van der Waals surface area contributed by atoms with Crippen LogP contribution in [0.5, 0.6) is 5.75 Å². The van der Waals surface area contributed by atoms with Gasteiger partial charge in [0.15, 0.2) is 0 Å². The molecule has 4 rings (SSSR count). The Morgan fingerprint density at radius 3 is 2.47 bits per heavy atom. The molecule has 1 fully saturated rings. The Balaban J connectivity index is 1.41. The van der Waals surface area contributed by atoms with Crippen molar-refractivity contribution in [1.29, 1.82) is 5.26 Å². The van der Waals surface area contributed by atoms with E-state index in [4.69, 9.17) is 14.7 Å². The van der Waals surface area contributed by atoms with E-state index in [1.165, 1.54) is 0 Å². The molecular weight excluding hydrogens is 456 g/mol. The lowest BCUT2D eigenvalue weighted by molar-refractivity contribution is -0.138. The topological polar surface area (TPSA) is 99.9 Å². The zero-order chi connectivity index (χ0) is 25.9. The van der Waals surface area contributed by atoms with Crippen LogP contribution in [-0.4, -0.2) is 46.9 Å². The first-order valence-electron chi connectivity index (χ1n) is 12.0. The molecule has 7 nitrogen and oxygen atoms in total. The Kier molecular flexibility index (Phi) is 7.16. The molecule has 1 saturated heterocycles. The monoisotopic (exact) mass is 486 g/mol. The van der Waals surface area contributed by atoms with Crippen molar-refractivity contribution in [3.05, 3.63) is 77.4 Å². The summed E-state index contributed by atoms with van der Waals surface area (Å²) in [5.41, 5.74) is 1.60. The maximum atomic E-state index is 12.3. The van der Waals surface area contributed by atoms with E-state index in [1.807, 2.05) is 51.1 Å². The molecule has 36 heavy (non-hydrogen) atoms. The molecule has 7 heteroatoms. The molecule has 2 atom stereocenters. The first kappa shape index (κ1) is 25.1. The zero-order valence-corrected chi connectivity index (χ0v) is 20.7. The predicted molar refractivity (Wildman–Crippen MR) is 136 cm³/mol. The van der Waals surface area contributed by atoms with E-state index in [0.29, 0.717) is 42.8 Å². The maximum Gasteiger partial charge on any atom is 0.410 e. The van der Waals surface area contributed by atoms with Crippen molar-refractivity contribution in [2.24, 2.45) is 0 Å². The van der Waals surface area contributed by atoms with Gasteiger partial charge in [0, 0.05) is 13.0 Å². The number of ether oxygens (including phenoxy) is 2. The lowest BCUT2D eigenvalue weighted by Gasteiger charge is -2.24. The van der Waals surface area contributed by atoms with E-state index in [-0.39, 0.29) is 12.2 Å². The second-order valence-corrected chi connectivity index (χ2v) is 10.1. The van der Waals surface area contributed by atoms with Crippen LogP contribution >= 0.6 is 0 Å². The summed E-state index contributed by atoms with van der Waals surface area (Å²) in [6, 6.07) is 20.6. The van der Waals surface area contributed by atoms with Crippen molar-refractivity contribution >= 4 is 22.8 Å². The van der Waals surface area contributed by atoms with Gasteiger partial charge in [-0.05, 0) is 73.4 Å². The summed E-state index contributed by atoms with van der Waals surface area (Å²) in [6.07, 6.45) is 0.546. The van der Waals surface area contributed by atoms with E-state index < -0.39 is 17.5 Å². The summed E-state index contributed by atoms with van der Waals surface area (Å²) < 4.78 is 11.5. The average molecular weight is 487 g/mol. The highest BCUT2D eigenvalue weighted by molar-refractivity contribution is 5.85. The summed E-state index contributed by atoms with van der Waals surface area (Å²) >= 11 is 0. The van der Waals surface area contributed by atoms with Crippen LogP contribution in [0, 0.1) is 11.3 Å². The van der Waals surface area contributed by atoms with Gasteiger partial charge in [0.2, 0.25) is 0 Å². The second-order valence-electron chi connectivity index (χ2n) is 10.1. The molecule has 186 valence electrons. The number of likely N-dealkylation sites (tertiary alicyclic amines) is 1. The molecule has 1 aliphatic rings. The highest BCUT2D eigenvalue weighted by Gasteiger charge is 2.31. The van der Waals surface area contributed by atoms with Crippen molar-refractivity contribution in [2.45, 2.75) is 51.2 Å². The number of amides is 1. The molecule has 1 unspecified atom stereocenters. The molecular formula is C29H30N2O5. The van der Waals surface area contributed by atoms with Crippen molar-refractivity contribution in [3.63, 3.8) is 0 Å². The molecule has 0 bridgehead atoms. The van der Waals surface area contributed by atoms with Gasteiger partial charge in [-0.25, -0.2) is 4.79 Å². The number of carboxylic acid groups (broad SMARTS) is 1. The fraction of sp³-hybridized carbons (Fsp3) is 0.345. The van der Waals surface area contributed by atoms with E-state index in [2.05, 4.69) is 6.07 Å². The van der Waals surface area contributed by atoms with Gasteiger partial charge in [0.1, 0.15) is 17.5 Å². The minimum absolute atomic E-state index is 0.144. The van der Waals surface area contributed by atoms with Gasteiger partial charge in [0.25, 0.3) is 0 Å². The van der Waals surface area contributed by atoms with Crippen LogP contribution < -0.4 is 4.74 Å². The standard InChI is InChI=1S/C29H30N2O5/c1-29(2,3)36-28(34)31-13-12-25(18-31)35-24-10-8-22(9-11-24)26(27(32)33)16-19-4-6-21-7-5-20(17-30)15-23(21)14-19/h4-11,14-15,25-26H,12-13,16,18H2,1-3H3,(H,32,33)/t25-,26?/m0/s1. The molecule has 3 aromatic carbocycles. The van der Waals surface area contributed by atoms with Crippen LogP contribution in [0.3, 0.4) is 0 Å². The van der Waals surface area contributed by atoms with Gasteiger partial charge in [0.05, 0.1) is 24.1 Å². The number of nitriles is 1. The van der Waals surface area contributed by atoms with Crippen molar-refractivity contribution in [3.8, 4) is 11.8 Å². The number of hydrogen-bond donors (Lipinski definition) is 1. The predicted octanol–water partition coefficient (Wildman–Crippen LogP) is 5.51. The van der Waals surface area contributed by atoms with Crippen LogP contribution in [0.2, 0.25) is 0 Å². The summed E-state index contributed by atoms with van der Waals surface area (Å²) in [5.74, 6) is -0.989. The highest BCUT2D eigenvalue weighted by atomic mass is 16.6. The van der Waals surface area contributed by atoms with Crippen LogP contribution in [0.25, 0.3) is 10.8 Å². The molecule has 0 aliphatic carbocycles. The second kappa shape index (κ2) is 10.3. The number of carbonyl (C=O) groups excluding carboxylic acids is 1. The van der Waals surface area contributed by atoms with Gasteiger partial charge >= 0.3 is 12.1 Å². The molecule has 0 spiro atoms. The van der Waals surface area contributed by atoms with Crippen LogP contribution in [-0.2, 0) is 16.0 Å². The van der Waals surface area contributed by atoms with Crippen LogP contribution in [0.15, 0.2) is 60.7 Å². The maximum absolute atomic E-state index is 12.3. The molecule has 1 amide bonds. The highest BCUT2D eigenvalue weighted by Crippen LogP contribution is 2.27. The minimum atomic E-state index is -0.904. The SMILES string of the molecule is CC(C)(C)OC(=O)N1CC[C@H](Oc2ccc(C(Cc3ccc4ccc(C#N)cc4c3)C(=O)O)cc2)C1. The lowest BCUT2D eigenvalue weighted by atomic mass is 9.91. The van der Waals surface area contributed by atoms with E-state index in [0.717, 1.165) is 16.3 Å². The smallest absolute Gasteiger partial charge is 0.410 e. The Morgan fingerprint density at radius 2 is 1.81 bits per heavy atom. The van der Waals surface area contributed by atoms with Crippen LogP contribution in [0.1, 0.15) is 49.8 Å². The number of benzene rings is 3. The Morgan fingerprint density at radius 1 is 1.08 bits per heavy atom. The number of nitrogens with zero attached hydrogens (tertiary/aromatic N) is 2. The number of fused-ring (bicyclic) bond motifs is 1.